The van der Waals surface area contributed by atoms with Gasteiger partial charge in [-0.3, -0.25) is 0 Å². The predicted molar refractivity (Wildman–Crippen MR) is 44.9 cm³/mol. The maximum atomic E-state index is 11.0. The lowest BCUT2D eigenvalue weighted by Gasteiger charge is -2.03. The zero-order chi connectivity index (χ0) is 8.27. The largest absolute Gasteiger partial charge is 0.228 e. The molecule has 1 nitrogen and oxygen atoms in total. The highest BCUT2D eigenvalue weighted by Gasteiger charge is 2.01. The molecule has 11 heavy (non-hydrogen) atoms. The van der Waals surface area contributed by atoms with Gasteiger partial charge in [0.2, 0.25) is 0 Å². The van der Waals surface area contributed by atoms with Crippen LogP contribution in [-0.2, 0) is 11.5 Å². The standard InChI is InChI=1S/C10H13O/c1-3-9-5-4-6-10(7-9)8(2)11/h4-8H,3H2,1-2H3. The fraction of sp³-hybridized carbons (Fsp3) is 0.400. The van der Waals surface area contributed by atoms with Crippen molar-refractivity contribution in [2.75, 3.05) is 0 Å². The van der Waals surface area contributed by atoms with Crippen LogP contribution in [0.25, 0.3) is 0 Å². The summed E-state index contributed by atoms with van der Waals surface area (Å²) in [6.07, 6.45) is 0.405. The van der Waals surface area contributed by atoms with E-state index in [4.69, 9.17) is 0 Å². The van der Waals surface area contributed by atoms with E-state index in [2.05, 4.69) is 6.92 Å². The molecular formula is C10H13O. The highest BCUT2D eigenvalue weighted by atomic mass is 16.3. The lowest BCUT2D eigenvalue weighted by molar-refractivity contribution is 0.106. The van der Waals surface area contributed by atoms with Gasteiger partial charge in [0.05, 0.1) is 0 Å². The summed E-state index contributed by atoms with van der Waals surface area (Å²) in [5.74, 6) is 0. The van der Waals surface area contributed by atoms with Gasteiger partial charge in [0.15, 0.2) is 0 Å². The molecule has 1 atom stereocenters. The van der Waals surface area contributed by atoms with Crippen molar-refractivity contribution in [3.05, 3.63) is 35.4 Å². The van der Waals surface area contributed by atoms with Crippen LogP contribution in [0.5, 0.6) is 0 Å². The summed E-state index contributed by atoms with van der Waals surface area (Å²) in [5, 5.41) is 11.0. The minimum Gasteiger partial charge on any atom is -0.228 e. The van der Waals surface area contributed by atoms with E-state index in [9.17, 15) is 5.11 Å². The Balaban J connectivity index is 2.91. The zero-order valence-electron chi connectivity index (χ0n) is 7.00. The molecule has 0 aliphatic heterocycles. The van der Waals surface area contributed by atoms with Crippen molar-refractivity contribution < 1.29 is 5.11 Å². The van der Waals surface area contributed by atoms with Crippen LogP contribution in [0.3, 0.4) is 0 Å². The van der Waals surface area contributed by atoms with Gasteiger partial charge in [-0.2, -0.15) is 0 Å². The van der Waals surface area contributed by atoms with Gasteiger partial charge in [-0.1, -0.05) is 31.2 Å². The van der Waals surface area contributed by atoms with Crippen LogP contribution in [0.1, 0.15) is 31.1 Å². The lowest BCUT2D eigenvalue weighted by Crippen LogP contribution is -1.90. The van der Waals surface area contributed by atoms with E-state index in [1.807, 2.05) is 24.3 Å². The van der Waals surface area contributed by atoms with E-state index in [1.54, 1.807) is 6.92 Å². The molecule has 0 saturated heterocycles. The topological polar surface area (TPSA) is 19.9 Å². The highest BCUT2D eigenvalue weighted by molar-refractivity contribution is 5.24. The first-order valence-corrected chi connectivity index (χ1v) is 3.98. The van der Waals surface area contributed by atoms with Gasteiger partial charge in [0.25, 0.3) is 0 Å². The molecule has 1 heteroatoms. The van der Waals surface area contributed by atoms with E-state index in [1.165, 1.54) is 5.56 Å². The molecular weight excluding hydrogens is 136 g/mol. The summed E-state index contributed by atoms with van der Waals surface area (Å²) in [6.45, 7) is 3.77. The third-order valence-corrected chi connectivity index (χ3v) is 1.83. The highest BCUT2D eigenvalue weighted by Crippen LogP contribution is 2.14. The number of aryl methyl sites for hydroxylation is 1. The summed E-state index contributed by atoms with van der Waals surface area (Å²) in [4.78, 5) is 0. The van der Waals surface area contributed by atoms with Gasteiger partial charge in [-0.05, 0) is 24.5 Å². The van der Waals surface area contributed by atoms with E-state index in [0.717, 1.165) is 12.0 Å². The second-order valence-corrected chi connectivity index (χ2v) is 2.74. The first-order chi connectivity index (χ1) is 5.24. The number of hydrogen-bond donors (Lipinski definition) is 0. The normalized spacial score (nSPS) is 13.0. The Kier molecular flexibility index (Phi) is 2.66. The van der Waals surface area contributed by atoms with Gasteiger partial charge in [0.1, 0.15) is 6.10 Å². The summed E-state index contributed by atoms with van der Waals surface area (Å²) in [5.41, 5.74) is 2.13. The van der Waals surface area contributed by atoms with Crippen molar-refractivity contribution in [3.8, 4) is 0 Å². The average molecular weight is 149 g/mol. The van der Waals surface area contributed by atoms with Crippen molar-refractivity contribution in [2.45, 2.75) is 26.4 Å². The second kappa shape index (κ2) is 3.54. The molecule has 0 saturated carbocycles. The second-order valence-electron chi connectivity index (χ2n) is 2.74. The van der Waals surface area contributed by atoms with E-state index in [-0.39, 0.29) is 0 Å². The van der Waals surface area contributed by atoms with Gasteiger partial charge in [-0.25, -0.2) is 5.11 Å². The molecule has 0 aliphatic rings. The molecule has 1 rings (SSSR count). The minimum atomic E-state index is -0.596. The Hall–Kier alpha value is -0.820. The maximum Gasteiger partial charge on any atom is 0.115 e. The summed E-state index contributed by atoms with van der Waals surface area (Å²) in [6, 6.07) is 7.86. The van der Waals surface area contributed by atoms with Crippen molar-refractivity contribution in [1.82, 2.24) is 0 Å². The summed E-state index contributed by atoms with van der Waals surface area (Å²) in [7, 11) is 0. The summed E-state index contributed by atoms with van der Waals surface area (Å²) >= 11 is 0. The van der Waals surface area contributed by atoms with Crippen LogP contribution >= 0.6 is 0 Å². The molecule has 1 aromatic rings. The van der Waals surface area contributed by atoms with Crippen LogP contribution in [-0.4, -0.2) is 0 Å². The Morgan fingerprint density at radius 1 is 1.45 bits per heavy atom. The molecule has 0 spiro atoms. The quantitative estimate of drug-likeness (QED) is 0.616. The maximum absolute atomic E-state index is 11.0. The first kappa shape index (κ1) is 8.28. The molecule has 0 heterocycles. The van der Waals surface area contributed by atoms with E-state index < -0.39 is 6.10 Å². The van der Waals surface area contributed by atoms with Crippen molar-refractivity contribution >= 4 is 0 Å². The lowest BCUT2D eigenvalue weighted by atomic mass is 10.1. The predicted octanol–water partition coefficient (Wildman–Crippen LogP) is 2.74. The fourth-order valence-corrected chi connectivity index (χ4v) is 1.07. The molecule has 1 unspecified atom stereocenters. The number of hydrogen-bond acceptors (Lipinski definition) is 0. The van der Waals surface area contributed by atoms with Gasteiger partial charge >= 0.3 is 0 Å². The SMILES string of the molecule is CCc1cccc(C(C)[O])c1. The molecule has 0 aromatic heterocycles. The van der Waals surface area contributed by atoms with Crippen molar-refractivity contribution in [2.24, 2.45) is 0 Å². The van der Waals surface area contributed by atoms with Crippen LogP contribution in [0.4, 0.5) is 0 Å². The van der Waals surface area contributed by atoms with E-state index >= 15 is 0 Å². The minimum absolute atomic E-state index is 0.596. The van der Waals surface area contributed by atoms with Crippen LogP contribution in [0.2, 0.25) is 0 Å². The number of rotatable bonds is 2. The smallest absolute Gasteiger partial charge is 0.115 e. The molecule has 0 aliphatic carbocycles. The zero-order valence-corrected chi connectivity index (χ0v) is 7.00. The third-order valence-electron chi connectivity index (χ3n) is 1.83. The van der Waals surface area contributed by atoms with E-state index in [0.29, 0.717) is 0 Å². The Bertz CT molecular complexity index is 228. The number of benzene rings is 1. The van der Waals surface area contributed by atoms with Crippen molar-refractivity contribution in [1.29, 1.82) is 0 Å². The van der Waals surface area contributed by atoms with Gasteiger partial charge in [-0.15, -0.1) is 0 Å². The van der Waals surface area contributed by atoms with Gasteiger partial charge in [0, 0.05) is 0 Å². The first-order valence-electron chi connectivity index (χ1n) is 3.98. The van der Waals surface area contributed by atoms with Crippen LogP contribution in [0, 0.1) is 0 Å². The molecule has 1 radical (unpaired) electrons. The summed E-state index contributed by atoms with van der Waals surface area (Å²) < 4.78 is 0. The van der Waals surface area contributed by atoms with Crippen LogP contribution in [0.15, 0.2) is 24.3 Å². The van der Waals surface area contributed by atoms with Gasteiger partial charge < -0.3 is 0 Å². The Morgan fingerprint density at radius 3 is 2.73 bits per heavy atom. The van der Waals surface area contributed by atoms with Crippen molar-refractivity contribution in [3.63, 3.8) is 0 Å². The Labute approximate surface area is 67.7 Å². The average Bonchev–Trinajstić information content (AvgIpc) is 2.05. The fourth-order valence-electron chi connectivity index (χ4n) is 1.07. The molecule has 0 bridgehead atoms. The third kappa shape index (κ3) is 2.05. The molecule has 59 valence electrons. The monoisotopic (exact) mass is 149 g/mol. The molecule has 0 N–H and O–H groups in total. The molecule has 0 fully saturated rings. The molecule has 1 aromatic carbocycles. The van der Waals surface area contributed by atoms with Crippen LogP contribution < -0.4 is 0 Å². The molecule has 0 amide bonds. The Morgan fingerprint density at radius 2 is 2.18 bits per heavy atom.